The summed E-state index contributed by atoms with van der Waals surface area (Å²) in [5.74, 6) is 0. The van der Waals surface area contributed by atoms with E-state index in [1.165, 1.54) is 0 Å². The molecule has 0 aliphatic rings. The SMILES string of the molecule is CCCOCCOCCOCCOC(CO)COCCOCCOCCOCCN=[N+]=[N-]. The molecular formula is C20H41N3O9. The molecule has 0 bridgehead atoms. The molecule has 0 fully saturated rings. The van der Waals surface area contributed by atoms with E-state index in [1.54, 1.807) is 0 Å². The van der Waals surface area contributed by atoms with Crippen LogP contribution in [0.2, 0.25) is 0 Å². The van der Waals surface area contributed by atoms with Crippen molar-refractivity contribution in [3.8, 4) is 0 Å². The number of hydrogen-bond acceptors (Lipinski definition) is 10. The van der Waals surface area contributed by atoms with Crippen LogP contribution in [0.15, 0.2) is 5.11 Å². The maximum absolute atomic E-state index is 9.33. The van der Waals surface area contributed by atoms with E-state index in [0.29, 0.717) is 92.4 Å². The van der Waals surface area contributed by atoms with Crippen LogP contribution in [0.4, 0.5) is 0 Å². The molecule has 0 aliphatic heterocycles. The minimum absolute atomic E-state index is 0.125. The molecule has 0 aromatic heterocycles. The highest BCUT2D eigenvalue weighted by atomic mass is 16.6. The summed E-state index contributed by atoms with van der Waals surface area (Å²) in [6.07, 6.45) is 0.612. The maximum atomic E-state index is 9.33. The summed E-state index contributed by atoms with van der Waals surface area (Å²) < 4.78 is 43.0. The van der Waals surface area contributed by atoms with Crippen LogP contribution in [0.3, 0.4) is 0 Å². The fourth-order valence-corrected chi connectivity index (χ4v) is 2.14. The van der Waals surface area contributed by atoms with Gasteiger partial charge < -0.3 is 43.0 Å². The number of aliphatic hydroxyl groups excluding tert-OH is 1. The van der Waals surface area contributed by atoms with Gasteiger partial charge in [-0.1, -0.05) is 12.0 Å². The summed E-state index contributed by atoms with van der Waals surface area (Å²) in [7, 11) is 0. The quantitative estimate of drug-likeness (QED) is 0.0815. The second-order valence-electron chi connectivity index (χ2n) is 6.38. The van der Waals surface area contributed by atoms with Crippen LogP contribution in [0, 0.1) is 0 Å². The van der Waals surface area contributed by atoms with Gasteiger partial charge >= 0.3 is 0 Å². The summed E-state index contributed by atoms with van der Waals surface area (Å²) in [5.41, 5.74) is 8.11. The minimum Gasteiger partial charge on any atom is -0.394 e. The fraction of sp³-hybridized carbons (Fsp3) is 1.00. The van der Waals surface area contributed by atoms with Gasteiger partial charge in [-0.3, -0.25) is 0 Å². The van der Waals surface area contributed by atoms with Gasteiger partial charge in [0.25, 0.3) is 0 Å². The second kappa shape index (κ2) is 28.0. The molecule has 0 amide bonds. The third-order valence-corrected chi connectivity index (χ3v) is 3.70. The van der Waals surface area contributed by atoms with Gasteiger partial charge in [0.05, 0.1) is 99.1 Å². The van der Waals surface area contributed by atoms with Crippen molar-refractivity contribution in [1.82, 2.24) is 0 Å². The normalized spacial score (nSPS) is 12.1. The molecule has 1 unspecified atom stereocenters. The van der Waals surface area contributed by atoms with Gasteiger partial charge in [-0.15, -0.1) is 0 Å². The van der Waals surface area contributed by atoms with E-state index in [2.05, 4.69) is 16.9 Å². The van der Waals surface area contributed by atoms with Gasteiger partial charge in [0.2, 0.25) is 0 Å². The average Bonchev–Trinajstić information content (AvgIpc) is 2.81. The summed E-state index contributed by atoms with van der Waals surface area (Å²) in [6, 6.07) is 0. The van der Waals surface area contributed by atoms with Crippen LogP contribution in [-0.4, -0.2) is 123 Å². The van der Waals surface area contributed by atoms with Crippen molar-refractivity contribution in [3.63, 3.8) is 0 Å². The van der Waals surface area contributed by atoms with Crippen LogP contribution in [0.5, 0.6) is 0 Å². The van der Waals surface area contributed by atoms with E-state index in [4.69, 9.17) is 43.4 Å². The molecule has 190 valence electrons. The molecule has 12 nitrogen and oxygen atoms in total. The Balaban J connectivity index is 3.28. The minimum atomic E-state index is -0.396. The largest absolute Gasteiger partial charge is 0.394 e. The Morgan fingerprint density at radius 3 is 1.56 bits per heavy atom. The first-order valence-electron chi connectivity index (χ1n) is 11.1. The predicted molar refractivity (Wildman–Crippen MR) is 117 cm³/mol. The molecule has 0 saturated carbocycles. The third-order valence-electron chi connectivity index (χ3n) is 3.70. The number of hydrogen-bond donors (Lipinski definition) is 1. The smallest absolute Gasteiger partial charge is 0.104 e. The molecule has 32 heavy (non-hydrogen) atoms. The Hall–Kier alpha value is -1.05. The number of nitrogens with zero attached hydrogens (tertiary/aromatic N) is 3. The van der Waals surface area contributed by atoms with Gasteiger partial charge in [0, 0.05) is 18.1 Å². The third kappa shape index (κ3) is 25.2. The molecule has 0 aromatic rings. The van der Waals surface area contributed by atoms with Crippen molar-refractivity contribution in [2.45, 2.75) is 19.4 Å². The van der Waals surface area contributed by atoms with Crippen LogP contribution >= 0.6 is 0 Å². The zero-order valence-corrected chi connectivity index (χ0v) is 19.4. The zero-order chi connectivity index (χ0) is 23.4. The summed E-state index contributed by atoms with van der Waals surface area (Å²) in [5, 5.41) is 12.7. The molecule has 12 heteroatoms. The van der Waals surface area contributed by atoms with Crippen molar-refractivity contribution in [2.75, 3.05) is 112 Å². The Bertz CT molecular complexity index is 416. The first-order chi connectivity index (χ1) is 15.8. The second-order valence-corrected chi connectivity index (χ2v) is 6.38. The molecule has 0 aromatic carbocycles. The molecule has 1 N–H and O–H groups in total. The topological polar surface area (TPSA) is 143 Å². The van der Waals surface area contributed by atoms with E-state index in [-0.39, 0.29) is 13.2 Å². The molecule has 0 aliphatic carbocycles. The highest BCUT2D eigenvalue weighted by Crippen LogP contribution is 1.94. The summed E-state index contributed by atoms with van der Waals surface area (Å²) in [6.45, 7) is 9.30. The lowest BCUT2D eigenvalue weighted by Gasteiger charge is -2.16. The molecule has 0 heterocycles. The Morgan fingerprint density at radius 1 is 0.656 bits per heavy atom. The predicted octanol–water partition coefficient (Wildman–Crippen LogP) is 1.20. The van der Waals surface area contributed by atoms with Gasteiger partial charge in [0.15, 0.2) is 0 Å². The molecule has 0 rings (SSSR count). The highest BCUT2D eigenvalue weighted by molar-refractivity contribution is 4.54. The summed E-state index contributed by atoms with van der Waals surface area (Å²) in [4.78, 5) is 2.63. The number of aliphatic hydroxyl groups is 1. The molecule has 0 radical (unpaired) electrons. The highest BCUT2D eigenvalue weighted by Gasteiger charge is 2.07. The Morgan fingerprint density at radius 2 is 1.09 bits per heavy atom. The van der Waals surface area contributed by atoms with E-state index in [0.717, 1.165) is 13.0 Å². The number of rotatable bonds is 27. The number of azide groups is 1. The standard InChI is InChI=1S/C20H41N3O9/c1-2-4-25-6-8-27-12-13-30-16-17-32-20(18-24)19-31-15-14-29-11-10-28-9-7-26-5-3-22-23-21/h20,24H,2-19H2,1H3. The average molecular weight is 468 g/mol. The fourth-order valence-electron chi connectivity index (χ4n) is 2.14. The maximum Gasteiger partial charge on any atom is 0.104 e. The molecular weight excluding hydrogens is 426 g/mol. The van der Waals surface area contributed by atoms with Gasteiger partial charge in [-0.05, 0) is 12.0 Å². The lowest BCUT2D eigenvalue weighted by molar-refractivity contribution is -0.0710. The van der Waals surface area contributed by atoms with Crippen LogP contribution < -0.4 is 0 Å². The van der Waals surface area contributed by atoms with E-state index < -0.39 is 6.10 Å². The lowest BCUT2D eigenvalue weighted by atomic mass is 10.4. The van der Waals surface area contributed by atoms with E-state index >= 15 is 0 Å². The van der Waals surface area contributed by atoms with E-state index in [1.807, 2.05) is 0 Å². The Labute approximate surface area is 191 Å². The van der Waals surface area contributed by atoms with Crippen LogP contribution in [-0.2, 0) is 37.9 Å². The molecule has 0 saturated heterocycles. The van der Waals surface area contributed by atoms with Gasteiger partial charge in [-0.2, -0.15) is 0 Å². The van der Waals surface area contributed by atoms with Gasteiger partial charge in [-0.25, -0.2) is 0 Å². The van der Waals surface area contributed by atoms with Crippen molar-refractivity contribution in [2.24, 2.45) is 5.11 Å². The van der Waals surface area contributed by atoms with Crippen molar-refractivity contribution < 1.29 is 43.0 Å². The molecule has 1 atom stereocenters. The van der Waals surface area contributed by atoms with Gasteiger partial charge in [0.1, 0.15) is 6.10 Å². The monoisotopic (exact) mass is 467 g/mol. The Kier molecular flexibility index (Phi) is 27.1. The van der Waals surface area contributed by atoms with Crippen molar-refractivity contribution in [1.29, 1.82) is 0 Å². The van der Waals surface area contributed by atoms with Crippen molar-refractivity contribution >= 4 is 0 Å². The molecule has 0 spiro atoms. The lowest BCUT2D eigenvalue weighted by Crippen LogP contribution is -2.27. The van der Waals surface area contributed by atoms with Crippen LogP contribution in [0.1, 0.15) is 13.3 Å². The first-order valence-corrected chi connectivity index (χ1v) is 11.1. The zero-order valence-electron chi connectivity index (χ0n) is 19.4. The van der Waals surface area contributed by atoms with E-state index in [9.17, 15) is 5.11 Å². The first kappa shape index (κ1) is 30.9. The number of ether oxygens (including phenoxy) is 8. The summed E-state index contributed by atoms with van der Waals surface area (Å²) >= 11 is 0. The van der Waals surface area contributed by atoms with Crippen LogP contribution in [0.25, 0.3) is 10.4 Å². The van der Waals surface area contributed by atoms with Crippen molar-refractivity contribution in [3.05, 3.63) is 10.4 Å².